The van der Waals surface area contributed by atoms with Crippen LogP contribution in [0.5, 0.6) is 0 Å². The Morgan fingerprint density at radius 2 is 1.58 bits per heavy atom. The molecular weight excluding hydrogens is 414 g/mol. The molecule has 0 amide bonds. The van der Waals surface area contributed by atoms with Crippen LogP contribution < -0.4 is 10.2 Å². The molecule has 2 heterocycles. The van der Waals surface area contributed by atoms with E-state index < -0.39 is 11.8 Å². The van der Waals surface area contributed by atoms with Gasteiger partial charge < -0.3 is 10.2 Å². The van der Waals surface area contributed by atoms with Crippen LogP contribution in [0, 0.1) is 6.92 Å². The quantitative estimate of drug-likeness (QED) is 0.662. The molecule has 0 unspecified atom stereocenters. The minimum Gasteiger partial charge on any atom is -0.351 e. The van der Waals surface area contributed by atoms with Crippen molar-refractivity contribution in [3.63, 3.8) is 0 Å². The van der Waals surface area contributed by atoms with Gasteiger partial charge in [-0.1, -0.05) is 0 Å². The lowest BCUT2D eigenvalue weighted by Crippen LogP contribution is -2.39. The van der Waals surface area contributed by atoms with Crippen LogP contribution in [0.15, 0.2) is 6.20 Å². The number of nitrogens with zero attached hydrogens (tertiary/aromatic N) is 5. The Hall–Kier alpha value is -2.46. The van der Waals surface area contributed by atoms with Crippen LogP contribution in [0.2, 0.25) is 0 Å². The molecule has 31 heavy (non-hydrogen) atoms. The number of hydrogen-bond acceptors (Lipinski definition) is 6. The predicted molar refractivity (Wildman–Crippen MR) is 109 cm³/mol. The maximum atomic E-state index is 13.6. The lowest BCUT2D eigenvalue weighted by atomic mass is 9.91. The molecule has 0 spiro atoms. The summed E-state index contributed by atoms with van der Waals surface area (Å²) in [6.45, 7) is 1.82. The van der Waals surface area contributed by atoms with Gasteiger partial charge in [-0.15, -0.1) is 0 Å². The molecule has 2 aromatic rings. The Morgan fingerprint density at radius 1 is 0.968 bits per heavy atom. The fourth-order valence-corrected chi connectivity index (χ4v) is 4.23. The Morgan fingerprint density at radius 3 is 2.16 bits per heavy atom. The van der Waals surface area contributed by atoms with Gasteiger partial charge in [0.15, 0.2) is 5.82 Å². The number of alkyl halides is 4. The summed E-state index contributed by atoms with van der Waals surface area (Å²) < 4.78 is 54.2. The zero-order chi connectivity index (χ0) is 22.2. The van der Waals surface area contributed by atoms with Crippen molar-refractivity contribution in [1.29, 1.82) is 0 Å². The van der Waals surface area contributed by atoms with Crippen LogP contribution in [0.4, 0.5) is 29.5 Å². The van der Waals surface area contributed by atoms with Gasteiger partial charge >= 0.3 is 0 Å². The van der Waals surface area contributed by atoms with Crippen LogP contribution in [0.1, 0.15) is 57.1 Å². The van der Waals surface area contributed by atoms with E-state index in [9.17, 15) is 17.6 Å². The Labute approximate surface area is 178 Å². The molecule has 0 atom stereocenters. The molecule has 2 fully saturated rings. The molecule has 2 aliphatic rings. The third-order valence-electron chi connectivity index (χ3n) is 6.30. The van der Waals surface area contributed by atoms with E-state index >= 15 is 0 Å². The molecule has 2 saturated carbocycles. The molecule has 11 heteroatoms. The van der Waals surface area contributed by atoms with E-state index in [1.165, 1.54) is 0 Å². The summed E-state index contributed by atoms with van der Waals surface area (Å²) in [6, 6.07) is -0.270. The van der Waals surface area contributed by atoms with E-state index in [4.69, 9.17) is 0 Å². The van der Waals surface area contributed by atoms with E-state index in [1.807, 2.05) is 11.8 Å². The molecular formula is C20H27F4N7. The lowest BCUT2D eigenvalue weighted by molar-refractivity contribution is -0.0379. The first-order chi connectivity index (χ1) is 14.6. The smallest absolute Gasteiger partial charge is 0.248 e. The number of aryl methyl sites for hydroxylation is 1. The van der Waals surface area contributed by atoms with Crippen molar-refractivity contribution >= 4 is 11.9 Å². The standard InChI is InChI=1S/C20H27F4N7/c1-12-15(11-25-30-12)16-27-17(26-13-3-7-19(21,22)8-4-13)29-18(28-16)31(2)14-5-9-20(23,24)10-6-14/h11,13-14H,3-10H2,1-2H3,(H,25,30)(H,26,27,28,29). The van der Waals surface area contributed by atoms with Gasteiger partial charge in [0.25, 0.3) is 0 Å². The van der Waals surface area contributed by atoms with Gasteiger partial charge in [0.1, 0.15) is 0 Å². The summed E-state index contributed by atoms with van der Waals surface area (Å²) in [5, 5.41) is 10.1. The van der Waals surface area contributed by atoms with Crippen LogP contribution in [0.3, 0.4) is 0 Å². The van der Waals surface area contributed by atoms with Gasteiger partial charge in [0, 0.05) is 51.0 Å². The number of H-pyrrole nitrogens is 1. The highest BCUT2D eigenvalue weighted by Gasteiger charge is 2.37. The topological polar surface area (TPSA) is 82.6 Å². The third kappa shape index (κ3) is 5.07. The molecule has 2 aliphatic carbocycles. The van der Waals surface area contributed by atoms with Gasteiger partial charge in [-0.25, -0.2) is 17.6 Å². The second-order valence-corrected chi connectivity index (χ2v) is 8.64. The summed E-state index contributed by atoms with van der Waals surface area (Å²) in [7, 11) is 1.79. The summed E-state index contributed by atoms with van der Waals surface area (Å²) in [5.74, 6) is -4.18. The molecule has 0 aromatic carbocycles. The van der Waals surface area contributed by atoms with Gasteiger partial charge in [-0.2, -0.15) is 20.1 Å². The van der Waals surface area contributed by atoms with E-state index in [0.717, 1.165) is 0 Å². The summed E-state index contributed by atoms with van der Waals surface area (Å²) in [6.07, 6.45) is 2.33. The minimum atomic E-state index is -2.62. The SMILES string of the molecule is Cc1n[nH]cc1-c1nc(NC2CCC(F)(F)CC2)nc(N(C)C2CCC(F)(F)CC2)n1. The molecule has 2 aromatic heterocycles. The summed E-state index contributed by atoms with van der Waals surface area (Å²) in [5.41, 5.74) is 1.41. The first-order valence-corrected chi connectivity index (χ1v) is 10.6. The average molecular weight is 441 g/mol. The van der Waals surface area contributed by atoms with E-state index in [1.54, 1.807) is 13.2 Å². The molecule has 0 radical (unpaired) electrons. The Balaban J connectivity index is 1.59. The van der Waals surface area contributed by atoms with E-state index in [2.05, 4.69) is 30.5 Å². The number of aromatic nitrogens is 5. The van der Waals surface area contributed by atoms with E-state index in [0.29, 0.717) is 54.7 Å². The van der Waals surface area contributed by atoms with Crippen LogP contribution in [-0.4, -0.2) is 56.1 Å². The highest BCUT2D eigenvalue weighted by atomic mass is 19.3. The highest BCUT2D eigenvalue weighted by Crippen LogP contribution is 2.36. The van der Waals surface area contributed by atoms with Gasteiger partial charge in [-0.05, 0) is 32.6 Å². The maximum Gasteiger partial charge on any atom is 0.248 e. The Kier molecular flexibility index (Phi) is 5.78. The first kappa shape index (κ1) is 21.8. The lowest BCUT2D eigenvalue weighted by Gasteiger charge is -2.34. The molecule has 170 valence electrons. The third-order valence-corrected chi connectivity index (χ3v) is 6.30. The molecule has 0 aliphatic heterocycles. The van der Waals surface area contributed by atoms with Crippen molar-refractivity contribution in [2.45, 2.75) is 82.2 Å². The zero-order valence-electron chi connectivity index (χ0n) is 17.6. The summed E-state index contributed by atoms with van der Waals surface area (Å²) in [4.78, 5) is 15.4. The van der Waals surface area contributed by atoms with Crippen LogP contribution in [-0.2, 0) is 0 Å². The van der Waals surface area contributed by atoms with E-state index in [-0.39, 0.29) is 37.8 Å². The molecule has 0 bridgehead atoms. The van der Waals surface area contributed by atoms with Gasteiger partial charge in [0.2, 0.25) is 23.7 Å². The number of hydrogen-bond donors (Lipinski definition) is 2. The largest absolute Gasteiger partial charge is 0.351 e. The van der Waals surface area contributed by atoms with Crippen molar-refractivity contribution in [2.75, 3.05) is 17.3 Å². The number of anilines is 2. The highest BCUT2D eigenvalue weighted by molar-refractivity contribution is 5.60. The molecule has 7 nitrogen and oxygen atoms in total. The summed E-state index contributed by atoms with van der Waals surface area (Å²) >= 11 is 0. The minimum absolute atomic E-state index is 0.110. The van der Waals surface area contributed by atoms with Crippen LogP contribution in [0.25, 0.3) is 11.4 Å². The fraction of sp³-hybridized carbons (Fsp3) is 0.700. The van der Waals surface area contributed by atoms with Gasteiger partial charge in [-0.3, -0.25) is 5.10 Å². The average Bonchev–Trinajstić information content (AvgIpc) is 3.15. The number of halogens is 4. The zero-order valence-corrected chi connectivity index (χ0v) is 17.6. The van der Waals surface area contributed by atoms with Crippen LogP contribution >= 0.6 is 0 Å². The predicted octanol–water partition coefficient (Wildman–Crippen LogP) is 4.57. The number of rotatable bonds is 5. The number of aromatic amines is 1. The van der Waals surface area contributed by atoms with Gasteiger partial charge in [0.05, 0.1) is 11.3 Å². The van der Waals surface area contributed by atoms with Crippen molar-refractivity contribution in [2.24, 2.45) is 0 Å². The Bertz CT molecular complexity index is 897. The van der Waals surface area contributed by atoms with Crippen molar-refractivity contribution in [1.82, 2.24) is 25.1 Å². The normalized spacial score (nSPS) is 21.7. The molecule has 4 rings (SSSR count). The van der Waals surface area contributed by atoms with Crippen molar-refractivity contribution < 1.29 is 17.6 Å². The second kappa shape index (κ2) is 8.23. The maximum absolute atomic E-state index is 13.6. The molecule has 0 saturated heterocycles. The number of nitrogens with one attached hydrogen (secondary N) is 2. The van der Waals surface area contributed by atoms with Crippen molar-refractivity contribution in [3.05, 3.63) is 11.9 Å². The fourth-order valence-electron chi connectivity index (χ4n) is 4.23. The first-order valence-electron chi connectivity index (χ1n) is 10.6. The monoisotopic (exact) mass is 441 g/mol. The molecule has 2 N–H and O–H groups in total. The van der Waals surface area contributed by atoms with Crippen molar-refractivity contribution in [3.8, 4) is 11.4 Å². The second-order valence-electron chi connectivity index (χ2n) is 8.64.